The minimum atomic E-state index is -4.53. The third-order valence-electron chi connectivity index (χ3n) is 5.68. The van der Waals surface area contributed by atoms with E-state index in [1.54, 1.807) is 6.07 Å². The summed E-state index contributed by atoms with van der Waals surface area (Å²) in [5.74, 6) is 0.225. The van der Waals surface area contributed by atoms with Crippen molar-refractivity contribution in [1.29, 1.82) is 0 Å². The highest BCUT2D eigenvalue weighted by Gasteiger charge is 2.34. The van der Waals surface area contributed by atoms with Crippen molar-refractivity contribution in [2.75, 3.05) is 24.5 Å². The van der Waals surface area contributed by atoms with Crippen molar-refractivity contribution in [2.24, 2.45) is 0 Å². The van der Waals surface area contributed by atoms with E-state index < -0.39 is 23.6 Å². The summed E-state index contributed by atoms with van der Waals surface area (Å²) in [6.45, 7) is 3.70. The van der Waals surface area contributed by atoms with Crippen molar-refractivity contribution in [3.05, 3.63) is 34.9 Å². The summed E-state index contributed by atoms with van der Waals surface area (Å²) in [5, 5.41) is 32.5. The van der Waals surface area contributed by atoms with Gasteiger partial charge in [0.05, 0.1) is 23.4 Å². The second-order valence-electron chi connectivity index (χ2n) is 7.69. The number of hydrogen-bond donors (Lipinski definition) is 3. The molecule has 3 N–H and O–H groups in total. The standard InChI is InChI=1S/C20H23F3N4O2/c1-11-7-13(20(21,22)23)9-17(29)18(11)14-8-12-3-2-6-27(19(12)26-25-14)15-10-24-5-4-16(15)28/h7-9,15-16,24,28-29H,2-6,10H2,1H3/t15-,16+/m0/s1. The maximum absolute atomic E-state index is 13.0. The Morgan fingerprint density at radius 2 is 2.00 bits per heavy atom. The van der Waals surface area contributed by atoms with Crippen molar-refractivity contribution in [3.8, 4) is 17.0 Å². The average molecular weight is 408 g/mol. The molecule has 0 amide bonds. The Bertz CT molecular complexity index is 896. The number of anilines is 1. The fourth-order valence-electron chi connectivity index (χ4n) is 4.25. The van der Waals surface area contributed by atoms with Gasteiger partial charge in [0.25, 0.3) is 0 Å². The molecule has 1 fully saturated rings. The summed E-state index contributed by atoms with van der Waals surface area (Å²) in [4.78, 5) is 2.06. The second-order valence-corrected chi connectivity index (χ2v) is 7.69. The van der Waals surface area contributed by atoms with Gasteiger partial charge in [0, 0.05) is 18.7 Å². The molecule has 3 heterocycles. The van der Waals surface area contributed by atoms with Crippen molar-refractivity contribution in [3.63, 3.8) is 0 Å². The van der Waals surface area contributed by atoms with Crippen LogP contribution in [-0.2, 0) is 12.6 Å². The first-order chi connectivity index (χ1) is 13.8. The highest BCUT2D eigenvalue weighted by molar-refractivity contribution is 5.72. The minimum Gasteiger partial charge on any atom is -0.507 e. The number of alkyl halides is 3. The number of benzene rings is 1. The van der Waals surface area contributed by atoms with Crippen LogP contribution in [0.25, 0.3) is 11.3 Å². The van der Waals surface area contributed by atoms with E-state index in [0.717, 1.165) is 43.6 Å². The summed E-state index contributed by atoms with van der Waals surface area (Å²) in [7, 11) is 0. The molecular weight excluding hydrogens is 385 g/mol. The fraction of sp³-hybridized carbons (Fsp3) is 0.500. The first-order valence-corrected chi connectivity index (χ1v) is 9.69. The van der Waals surface area contributed by atoms with Gasteiger partial charge in [0.1, 0.15) is 5.75 Å². The second kappa shape index (κ2) is 7.46. The number of piperidine rings is 1. The number of aromatic nitrogens is 2. The van der Waals surface area contributed by atoms with Crippen LogP contribution in [0.4, 0.5) is 19.0 Å². The topological polar surface area (TPSA) is 81.5 Å². The number of halogens is 3. The van der Waals surface area contributed by atoms with Gasteiger partial charge in [0.15, 0.2) is 5.82 Å². The van der Waals surface area contributed by atoms with E-state index >= 15 is 0 Å². The van der Waals surface area contributed by atoms with E-state index in [1.165, 1.54) is 6.92 Å². The zero-order valence-electron chi connectivity index (χ0n) is 16.0. The molecule has 0 bridgehead atoms. The molecule has 0 unspecified atom stereocenters. The normalized spacial score (nSPS) is 22.4. The number of nitrogens with one attached hydrogen (secondary N) is 1. The first kappa shape index (κ1) is 19.9. The van der Waals surface area contributed by atoms with Crippen molar-refractivity contribution < 1.29 is 23.4 Å². The lowest BCUT2D eigenvalue weighted by atomic mass is 9.96. The number of aliphatic hydroxyl groups is 1. The summed E-state index contributed by atoms with van der Waals surface area (Å²) in [5.41, 5.74) is 0.900. The molecule has 4 rings (SSSR count). The first-order valence-electron chi connectivity index (χ1n) is 9.69. The molecule has 0 radical (unpaired) electrons. The van der Waals surface area contributed by atoms with E-state index in [-0.39, 0.29) is 17.2 Å². The minimum absolute atomic E-state index is 0.0934. The molecule has 29 heavy (non-hydrogen) atoms. The fourth-order valence-corrected chi connectivity index (χ4v) is 4.25. The van der Waals surface area contributed by atoms with Crippen LogP contribution in [-0.4, -0.2) is 52.2 Å². The molecule has 2 aliphatic heterocycles. The van der Waals surface area contributed by atoms with Crippen LogP contribution in [0.15, 0.2) is 18.2 Å². The molecule has 1 aromatic heterocycles. The average Bonchev–Trinajstić information content (AvgIpc) is 2.66. The van der Waals surface area contributed by atoms with Gasteiger partial charge in [-0.2, -0.15) is 13.2 Å². The zero-order chi connectivity index (χ0) is 20.8. The number of phenolic OH excluding ortho intramolecular Hbond substituents is 1. The molecule has 0 spiro atoms. The Morgan fingerprint density at radius 1 is 1.21 bits per heavy atom. The molecule has 1 saturated heterocycles. The van der Waals surface area contributed by atoms with Gasteiger partial charge in [-0.15, -0.1) is 10.2 Å². The van der Waals surface area contributed by atoms with Crippen molar-refractivity contribution in [1.82, 2.24) is 15.5 Å². The Hall–Kier alpha value is -2.39. The van der Waals surface area contributed by atoms with E-state index in [4.69, 9.17) is 0 Å². The number of aliphatic hydroxyl groups excluding tert-OH is 1. The summed E-state index contributed by atoms with van der Waals surface area (Å²) < 4.78 is 39.0. The van der Waals surface area contributed by atoms with Gasteiger partial charge < -0.3 is 20.4 Å². The zero-order valence-corrected chi connectivity index (χ0v) is 16.0. The molecular formula is C20H23F3N4O2. The molecule has 2 atom stereocenters. The summed E-state index contributed by atoms with van der Waals surface area (Å²) in [6, 6.07) is 3.42. The SMILES string of the molecule is Cc1cc(C(F)(F)F)cc(O)c1-c1cc2c(nn1)N([C@H]1CNCC[C@H]1O)CCC2. The molecule has 9 heteroatoms. The molecule has 0 saturated carbocycles. The largest absolute Gasteiger partial charge is 0.507 e. The monoisotopic (exact) mass is 408 g/mol. The molecule has 2 aromatic rings. The van der Waals surface area contributed by atoms with Gasteiger partial charge in [-0.05, 0) is 62.1 Å². The molecule has 2 aliphatic rings. The Balaban J connectivity index is 1.70. The summed E-state index contributed by atoms with van der Waals surface area (Å²) in [6.07, 6.45) is -2.69. The number of hydrogen-bond acceptors (Lipinski definition) is 6. The van der Waals surface area contributed by atoms with Crippen LogP contribution in [0.1, 0.15) is 29.5 Å². The Morgan fingerprint density at radius 3 is 2.69 bits per heavy atom. The number of rotatable bonds is 2. The lowest BCUT2D eigenvalue weighted by Crippen LogP contribution is -2.55. The molecule has 0 aliphatic carbocycles. The molecule has 156 valence electrons. The van der Waals surface area contributed by atoms with E-state index in [1.807, 2.05) is 0 Å². The Kier molecular flexibility index (Phi) is 5.12. The van der Waals surface area contributed by atoms with E-state index in [9.17, 15) is 23.4 Å². The molecule has 1 aromatic carbocycles. The predicted octanol–water partition coefficient (Wildman–Crippen LogP) is 2.65. The smallest absolute Gasteiger partial charge is 0.416 e. The Labute approximate surface area is 166 Å². The number of fused-ring (bicyclic) bond motifs is 1. The number of aryl methyl sites for hydroxylation is 2. The van der Waals surface area contributed by atoms with E-state index in [0.29, 0.717) is 24.5 Å². The number of phenols is 1. The summed E-state index contributed by atoms with van der Waals surface area (Å²) >= 11 is 0. The van der Waals surface area contributed by atoms with Crippen molar-refractivity contribution >= 4 is 5.82 Å². The van der Waals surface area contributed by atoms with Gasteiger partial charge in [-0.3, -0.25) is 0 Å². The maximum Gasteiger partial charge on any atom is 0.416 e. The maximum atomic E-state index is 13.0. The van der Waals surface area contributed by atoms with E-state index in [2.05, 4.69) is 20.4 Å². The van der Waals surface area contributed by atoms with Crippen LogP contribution in [0.2, 0.25) is 0 Å². The molecule has 6 nitrogen and oxygen atoms in total. The highest BCUT2D eigenvalue weighted by atomic mass is 19.4. The highest BCUT2D eigenvalue weighted by Crippen LogP contribution is 2.39. The van der Waals surface area contributed by atoms with Crippen LogP contribution in [0.5, 0.6) is 5.75 Å². The third kappa shape index (κ3) is 3.76. The number of nitrogens with zero attached hydrogens (tertiary/aromatic N) is 3. The van der Waals surface area contributed by atoms with Crippen LogP contribution < -0.4 is 10.2 Å². The lowest BCUT2D eigenvalue weighted by molar-refractivity contribution is -0.137. The van der Waals surface area contributed by atoms with Crippen LogP contribution >= 0.6 is 0 Å². The van der Waals surface area contributed by atoms with Crippen LogP contribution in [0.3, 0.4) is 0 Å². The van der Waals surface area contributed by atoms with Gasteiger partial charge in [-0.25, -0.2) is 0 Å². The third-order valence-corrected chi connectivity index (χ3v) is 5.68. The van der Waals surface area contributed by atoms with Gasteiger partial charge in [-0.1, -0.05) is 0 Å². The van der Waals surface area contributed by atoms with Gasteiger partial charge >= 0.3 is 6.18 Å². The quantitative estimate of drug-likeness (QED) is 0.709. The van der Waals surface area contributed by atoms with Crippen molar-refractivity contribution in [2.45, 2.75) is 44.5 Å². The van der Waals surface area contributed by atoms with Gasteiger partial charge in [0.2, 0.25) is 0 Å². The lowest BCUT2D eigenvalue weighted by Gasteiger charge is -2.41. The number of aromatic hydroxyl groups is 1. The predicted molar refractivity (Wildman–Crippen MR) is 102 cm³/mol. The van der Waals surface area contributed by atoms with Crippen LogP contribution in [0, 0.1) is 6.92 Å².